The summed E-state index contributed by atoms with van der Waals surface area (Å²) in [5.41, 5.74) is 4.03. The van der Waals surface area contributed by atoms with Gasteiger partial charge < -0.3 is 19.3 Å². The average Bonchev–Trinajstić information content (AvgIpc) is 3.44. The number of aliphatic hydroxyl groups excluding tert-OH is 1. The van der Waals surface area contributed by atoms with E-state index in [2.05, 4.69) is 9.88 Å². The van der Waals surface area contributed by atoms with Gasteiger partial charge in [-0.2, -0.15) is 0 Å². The maximum atomic E-state index is 14.9. The molecule has 154 valence electrons. The van der Waals surface area contributed by atoms with Crippen LogP contribution in [-0.4, -0.2) is 40.0 Å². The predicted molar refractivity (Wildman–Crippen MR) is 110 cm³/mol. The van der Waals surface area contributed by atoms with Crippen LogP contribution in [0.2, 0.25) is 0 Å². The zero-order valence-corrected chi connectivity index (χ0v) is 16.5. The monoisotopic (exact) mass is 408 g/mol. The molecule has 0 bridgehead atoms. The lowest BCUT2D eigenvalue weighted by Gasteiger charge is -2.16. The van der Waals surface area contributed by atoms with Crippen LogP contribution in [0.25, 0.3) is 11.1 Å². The van der Waals surface area contributed by atoms with Crippen LogP contribution in [0.1, 0.15) is 11.1 Å². The van der Waals surface area contributed by atoms with Gasteiger partial charge in [0.1, 0.15) is 11.9 Å². The molecular weight excluding hydrogens is 387 g/mol. The number of halogens is 1. The Hall–Kier alpha value is -3.39. The first-order valence-electron chi connectivity index (χ1n) is 9.76. The zero-order chi connectivity index (χ0) is 20.8. The summed E-state index contributed by atoms with van der Waals surface area (Å²) in [7, 11) is 1.96. The molecule has 1 saturated heterocycles. The third-order valence-corrected chi connectivity index (χ3v) is 5.66. The molecule has 3 heterocycles. The number of anilines is 2. The lowest BCUT2D eigenvalue weighted by Crippen LogP contribution is -2.25. The Labute approximate surface area is 172 Å². The first-order chi connectivity index (χ1) is 14.5. The minimum Gasteiger partial charge on any atom is -0.441 e. The van der Waals surface area contributed by atoms with E-state index in [1.54, 1.807) is 18.3 Å². The van der Waals surface area contributed by atoms with E-state index in [1.165, 1.54) is 16.5 Å². The van der Waals surface area contributed by atoms with Gasteiger partial charge in [0.25, 0.3) is 0 Å². The van der Waals surface area contributed by atoms with Gasteiger partial charge in [-0.15, -0.1) is 0 Å². The quantitative estimate of drug-likeness (QED) is 0.719. The van der Waals surface area contributed by atoms with Crippen LogP contribution in [0.4, 0.5) is 20.8 Å². The van der Waals surface area contributed by atoms with Crippen LogP contribution in [0.15, 0.2) is 48.8 Å². The molecule has 2 aliphatic rings. The highest BCUT2D eigenvalue weighted by atomic mass is 19.1. The van der Waals surface area contributed by atoms with E-state index in [1.807, 2.05) is 36.0 Å². The van der Waals surface area contributed by atoms with Crippen LogP contribution in [0.3, 0.4) is 0 Å². The molecule has 2 aromatic carbocycles. The maximum Gasteiger partial charge on any atom is 0.414 e. The van der Waals surface area contributed by atoms with Crippen molar-refractivity contribution in [2.45, 2.75) is 19.2 Å². The highest BCUT2D eigenvalue weighted by Crippen LogP contribution is 2.33. The van der Waals surface area contributed by atoms with Crippen LogP contribution >= 0.6 is 0 Å². The largest absolute Gasteiger partial charge is 0.441 e. The van der Waals surface area contributed by atoms with E-state index in [9.17, 15) is 14.3 Å². The van der Waals surface area contributed by atoms with Gasteiger partial charge in [0.2, 0.25) is 5.95 Å². The molecule has 30 heavy (non-hydrogen) atoms. The molecule has 7 nitrogen and oxygen atoms in total. The summed E-state index contributed by atoms with van der Waals surface area (Å²) in [6, 6.07) is 10.7. The molecular formula is C22H21FN4O3. The van der Waals surface area contributed by atoms with Gasteiger partial charge in [0, 0.05) is 38.1 Å². The fraction of sp³-hybridized carbons (Fsp3) is 0.273. The molecule has 1 N–H and O–H groups in total. The Kier molecular flexibility index (Phi) is 4.43. The first-order valence-corrected chi connectivity index (χ1v) is 9.76. The number of rotatable bonds is 4. The number of amides is 1. The van der Waals surface area contributed by atoms with Crippen molar-refractivity contribution in [3.8, 4) is 11.1 Å². The summed E-state index contributed by atoms with van der Waals surface area (Å²) in [5.74, 6) is 0.494. The topological polar surface area (TPSA) is 70.8 Å². The second kappa shape index (κ2) is 7.14. The van der Waals surface area contributed by atoms with E-state index < -0.39 is 18.0 Å². The van der Waals surface area contributed by atoms with Crippen molar-refractivity contribution < 1.29 is 19.0 Å². The second-order valence-electron chi connectivity index (χ2n) is 7.64. The van der Waals surface area contributed by atoms with Gasteiger partial charge in [-0.25, -0.2) is 14.2 Å². The fourth-order valence-corrected chi connectivity index (χ4v) is 4.10. The molecule has 8 heteroatoms. The number of benzene rings is 2. The number of hydrogen-bond acceptors (Lipinski definition) is 5. The smallest absolute Gasteiger partial charge is 0.414 e. The van der Waals surface area contributed by atoms with Gasteiger partial charge in [-0.1, -0.05) is 12.1 Å². The molecule has 3 aromatic rings. The summed E-state index contributed by atoms with van der Waals surface area (Å²) in [4.78, 5) is 19.9. The van der Waals surface area contributed by atoms with E-state index in [0.29, 0.717) is 11.3 Å². The number of cyclic esters (lactones) is 1. The molecule has 1 aromatic heterocycles. The van der Waals surface area contributed by atoms with Crippen molar-refractivity contribution >= 4 is 17.7 Å². The number of aryl methyl sites for hydroxylation is 1. The van der Waals surface area contributed by atoms with E-state index in [0.717, 1.165) is 30.2 Å². The van der Waals surface area contributed by atoms with Gasteiger partial charge in [0.15, 0.2) is 0 Å². The van der Waals surface area contributed by atoms with Gasteiger partial charge >= 0.3 is 6.09 Å². The van der Waals surface area contributed by atoms with Gasteiger partial charge in [-0.05, 0) is 41.0 Å². The minimum absolute atomic E-state index is 0.204. The lowest BCUT2D eigenvalue weighted by atomic mass is 10.00. The van der Waals surface area contributed by atoms with Crippen molar-refractivity contribution in [1.82, 2.24) is 9.55 Å². The number of carbonyl (C=O) groups excluding carboxylic acids is 1. The molecule has 0 saturated carbocycles. The fourth-order valence-electron chi connectivity index (χ4n) is 4.10. The molecule has 0 radical (unpaired) electrons. The SMILES string of the molecule is Cn1ccnc1N1Cc2ccc(-c3ccc(N4C[C@H](CO)OC4=O)cc3F)cc2C1. The summed E-state index contributed by atoms with van der Waals surface area (Å²) in [6.45, 7) is 1.43. The summed E-state index contributed by atoms with van der Waals surface area (Å²) < 4.78 is 22.0. The number of aliphatic hydroxyl groups is 1. The third kappa shape index (κ3) is 3.09. The van der Waals surface area contributed by atoms with E-state index >= 15 is 0 Å². The molecule has 5 rings (SSSR count). The van der Waals surface area contributed by atoms with Crippen LogP contribution in [0, 0.1) is 5.82 Å². The normalized spacial score (nSPS) is 18.1. The molecule has 2 aliphatic heterocycles. The van der Waals surface area contributed by atoms with Crippen molar-refractivity contribution in [2.24, 2.45) is 7.05 Å². The molecule has 1 amide bonds. The Bertz CT molecular complexity index is 1130. The van der Waals surface area contributed by atoms with E-state index in [4.69, 9.17) is 4.74 Å². The summed E-state index contributed by atoms with van der Waals surface area (Å²) in [5, 5.41) is 9.18. The Balaban J connectivity index is 1.40. The predicted octanol–water partition coefficient (Wildman–Crippen LogP) is 3.06. The lowest BCUT2D eigenvalue weighted by molar-refractivity contribution is 0.0963. The standard InChI is InChI=1S/C22H21FN4O3/c1-25-7-6-24-21(25)26-10-15-3-2-14(8-16(15)11-26)19-5-4-17(9-20(19)23)27-12-18(13-28)30-22(27)29/h2-9,18,28H,10-13H2,1H3/t18-/m1/s1. The first kappa shape index (κ1) is 18.6. The molecule has 0 aliphatic carbocycles. The number of aromatic nitrogens is 2. The number of imidazole rings is 1. The van der Waals surface area contributed by atoms with Crippen molar-refractivity contribution in [3.05, 3.63) is 65.7 Å². The zero-order valence-electron chi connectivity index (χ0n) is 16.5. The maximum absolute atomic E-state index is 14.9. The van der Waals surface area contributed by atoms with E-state index in [-0.39, 0.29) is 13.2 Å². The van der Waals surface area contributed by atoms with Gasteiger partial charge in [-0.3, -0.25) is 4.90 Å². The number of hydrogen-bond donors (Lipinski definition) is 1. The summed E-state index contributed by atoms with van der Waals surface area (Å²) >= 11 is 0. The van der Waals surface area contributed by atoms with Crippen LogP contribution in [0.5, 0.6) is 0 Å². The Morgan fingerprint density at radius 2 is 2.03 bits per heavy atom. The molecule has 1 fully saturated rings. The third-order valence-electron chi connectivity index (χ3n) is 5.66. The molecule has 0 spiro atoms. The van der Waals surface area contributed by atoms with Gasteiger partial charge in [0.05, 0.1) is 18.8 Å². The minimum atomic E-state index is -0.585. The molecule has 1 atom stereocenters. The van der Waals surface area contributed by atoms with Crippen molar-refractivity contribution in [1.29, 1.82) is 0 Å². The number of nitrogens with zero attached hydrogens (tertiary/aromatic N) is 4. The van der Waals surface area contributed by atoms with Crippen molar-refractivity contribution in [2.75, 3.05) is 23.0 Å². The average molecular weight is 408 g/mol. The number of carbonyl (C=O) groups is 1. The second-order valence-corrected chi connectivity index (χ2v) is 7.64. The van der Waals surface area contributed by atoms with Crippen LogP contribution in [-0.2, 0) is 24.9 Å². The summed E-state index contributed by atoms with van der Waals surface area (Å²) in [6.07, 6.45) is 2.53. The Morgan fingerprint density at radius 1 is 1.20 bits per heavy atom. The van der Waals surface area contributed by atoms with Crippen molar-refractivity contribution in [3.63, 3.8) is 0 Å². The highest BCUT2D eigenvalue weighted by molar-refractivity contribution is 5.90. The Morgan fingerprint density at radius 3 is 2.73 bits per heavy atom. The number of ether oxygens (including phenoxy) is 1. The highest BCUT2D eigenvalue weighted by Gasteiger charge is 2.32. The molecule has 0 unspecified atom stereocenters. The number of fused-ring (bicyclic) bond motifs is 1. The van der Waals surface area contributed by atoms with Crippen LogP contribution < -0.4 is 9.80 Å².